The molecule has 2 N–H and O–H groups in total. The molecule has 1 atom stereocenters. The fraction of sp³-hybridized carbons (Fsp3) is 0.0556. The maximum Gasteiger partial charge on any atom is 0.329 e. The van der Waals surface area contributed by atoms with Crippen LogP contribution in [-0.4, -0.2) is 21.5 Å². The summed E-state index contributed by atoms with van der Waals surface area (Å²) in [6.07, 6.45) is 1.26. The molecule has 0 saturated heterocycles. The van der Waals surface area contributed by atoms with Gasteiger partial charge in [0.1, 0.15) is 5.57 Å². The van der Waals surface area contributed by atoms with E-state index in [-0.39, 0.29) is 22.7 Å². The molecule has 0 fully saturated rings. The van der Waals surface area contributed by atoms with Gasteiger partial charge in [-0.05, 0) is 17.7 Å². The van der Waals surface area contributed by atoms with Crippen LogP contribution < -0.4 is 5.73 Å². The van der Waals surface area contributed by atoms with Crippen LogP contribution >= 0.6 is 0 Å². The lowest BCUT2D eigenvalue weighted by Crippen LogP contribution is -2.37. The molecule has 0 amide bonds. The van der Waals surface area contributed by atoms with Crippen molar-refractivity contribution in [2.24, 2.45) is 16.0 Å². The van der Waals surface area contributed by atoms with Gasteiger partial charge in [-0.2, -0.15) is 15.0 Å². The highest BCUT2D eigenvalue weighted by molar-refractivity contribution is 6.26. The van der Waals surface area contributed by atoms with Crippen LogP contribution in [0.1, 0.15) is 5.56 Å². The summed E-state index contributed by atoms with van der Waals surface area (Å²) in [6.45, 7) is 0. The van der Waals surface area contributed by atoms with Crippen LogP contribution in [0.15, 0.2) is 88.4 Å². The Morgan fingerprint density at radius 3 is 2.23 bits per heavy atom. The number of benzene rings is 2. The van der Waals surface area contributed by atoms with Gasteiger partial charge in [0.25, 0.3) is 5.70 Å². The highest BCUT2D eigenvalue weighted by Gasteiger charge is 2.40. The van der Waals surface area contributed by atoms with Crippen molar-refractivity contribution in [1.29, 1.82) is 0 Å². The minimum Gasteiger partial charge on any atom is -0.361 e. The molecule has 1 aliphatic rings. The third kappa shape index (κ3) is 3.36. The molecular formula is C18H14N6O2. The molecule has 3 rings (SSSR count). The van der Waals surface area contributed by atoms with Crippen molar-refractivity contribution < 1.29 is 9.71 Å². The van der Waals surface area contributed by atoms with E-state index in [9.17, 15) is 15.6 Å². The number of nitrogens with two attached hydrogens (primary N) is 1. The fourth-order valence-corrected chi connectivity index (χ4v) is 2.59. The lowest BCUT2D eigenvalue weighted by molar-refractivity contribution is -0.418. The SMILES string of the molecule is [N-]=[N+]=C1C(c2ccccc2)=C([N+](=O)[O-])C=C(N=Nc2ccccc2)C1N. The molecule has 0 aliphatic heterocycles. The molecule has 2 aromatic carbocycles. The van der Waals surface area contributed by atoms with Crippen LogP contribution in [0.3, 0.4) is 0 Å². The number of hydrogen-bond donors (Lipinski definition) is 1. The molecule has 0 saturated carbocycles. The Bertz CT molecular complexity index is 973. The van der Waals surface area contributed by atoms with Gasteiger partial charge in [-0.25, -0.2) is 0 Å². The monoisotopic (exact) mass is 346 g/mol. The van der Waals surface area contributed by atoms with Gasteiger partial charge < -0.3 is 11.3 Å². The van der Waals surface area contributed by atoms with E-state index in [0.29, 0.717) is 11.3 Å². The standard InChI is InChI=1S/C18H14N6O2/c19-17-14(23-22-13-9-5-2-6-10-13)11-15(24(25)26)16(18(17)21-20)12-7-3-1-4-8-12/h1-11,17H,19H2. The number of rotatable bonds is 4. The van der Waals surface area contributed by atoms with Crippen LogP contribution in [0.4, 0.5) is 5.69 Å². The zero-order chi connectivity index (χ0) is 18.5. The molecule has 2 aromatic rings. The zero-order valence-corrected chi connectivity index (χ0v) is 13.6. The second-order valence-electron chi connectivity index (χ2n) is 5.45. The molecule has 0 spiro atoms. The summed E-state index contributed by atoms with van der Waals surface area (Å²) in [5.74, 6) is 0. The molecule has 26 heavy (non-hydrogen) atoms. The topological polar surface area (TPSA) is 130 Å². The summed E-state index contributed by atoms with van der Waals surface area (Å²) in [5, 5.41) is 19.6. The third-order valence-corrected chi connectivity index (χ3v) is 3.81. The number of allylic oxidation sites excluding steroid dienone is 1. The number of nitro groups is 1. The van der Waals surface area contributed by atoms with Crippen molar-refractivity contribution in [3.8, 4) is 0 Å². The molecule has 128 valence electrons. The van der Waals surface area contributed by atoms with Crippen LogP contribution in [-0.2, 0) is 0 Å². The van der Waals surface area contributed by atoms with Gasteiger partial charge in [0.05, 0.1) is 16.3 Å². The van der Waals surface area contributed by atoms with Gasteiger partial charge in [-0.1, -0.05) is 48.5 Å². The van der Waals surface area contributed by atoms with E-state index in [1.807, 2.05) is 6.07 Å². The molecule has 8 heteroatoms. The summed E-state index contributed by atoms with van der Waals surface area (Å²) in [4.78, 5) is 14.2. The summed E-state index contributed by atoms with van der Waals surface area (Å²) in [5.41, 5.74) is 16.7. The van der Waals surface area contributed by atoms with E-state index in [0.717, 1.165) is 0 Å². The van der Waals surface area contributed by atoms with Crippen molar-refractivity contribution >= 4 is 17.0 Å². The molecule has 1 unspecified atom stereocenters. The minimum atomic E-state index is -0.952. The Balaban J connectivity index is 2.13. The van der Waals surface area contributed by atoms with Crippen molar-refractivity contribution in [3.63, 3.8) is 0 Å². The third-order valence-electron chi connectivity index (χ3n) is 3.81. The average molecular weight is 346 g/mol. The fourth-order valence-electron chi connectivity index (χ4n) is 2.59. The summed E-state index contributed by atoms with van der Waals surface area (Å²) in [6, 6.07) is 16.5. The van der Waals surface area contributed by atoms with E-state index in [1.54, 1.807) is 54.6 Å². The zero-order valence-electron chi connectivity index (χ0n) is 13.6. The number of hydrogen-bond acceptors (Lipinski definition) is 5. The Morgan fingerprint density at radius 1 is 1.04 bits per heavy atom. The van der Waals surface area contributed by atoms with Crippen molar-refractivity contribution in [2.75, 3.05) is 0 Å². The van der Waals surface area contributed by atoms with Gasteiger partial charge in [0, 0.05) is 6.08 Å². The molecule has 0 aromatic heterocycles. The first-order chi connectivity index (χ1) is 12.6. The van der Waals surface area contributed by atoms with Gasteiger partial charge >= 0.3 is 5.71 Å². The van der Waals surface area contributed by atoms with E-state index >= 15 is 0 Å². The Labute approximate surface area is 148 Å². The van der Waals surface area contributed by atoms with Crippen molar-refractivity contribution in [3.05, 3.63) is 99.3 Å². The largest absolute Gasteiger partial charge is 0.361 e. The predicted molar refractivity (Wildman–Crippen MR) is 96.0 cm³/mol. The molecule has 8 nitrogen and oxygen atoms in total. The smallest absolute Gasteiger partial charge is 0.329 e. The Kier molecular flexibility index (Phi) is 4.89. The Morgan fingerprint density at radius 2 is 1.65 bits per heavy atom. The maximum absolute atomic E-state index is 11.6. The van der Waals surface area contributed by atoms with E-state index in [1.165, 1.54) is 6.08 Å². The van der Waals surface area contributed by atoms with Gasteiger partial charge in [0.2, 0.25) is 0 Å². The first kappa shape index (κ1) is 17.1. The van der Waals surface area contributed by atoms with Crippen LogP contribution in [0.5, 0.6) is 0 Å². The van der Waals surface area contributed by atoms with Gasteiger partial charge in [0.15, 0.2) is 6.04 Å². The molecule has 0 bridgehead atoms. The van der Waals surface area contributed by atoms with Crippen LogP contribution in [0.25, 0.3) is 11.1 Å². The van der Waals surface area contributed by atoms with Crippen LogP contribution in [0, 0.1) is 10.1 Å². The minimum absolute atomic E-state index is 0.0348. The molecular weight excluding hydrogens is 332 g/mol. The summed E-state index contributed by atoms with van der Waals surface area (Å²) < 4.78 is 0. The number of azo groups is 1. The average Bonchev–Trinajstić information content (AvgIpc) is 2.68. The lowest BCUT2D eigenvalue weighted by atomic mass is 9.89. The van der Waals surface area contributed by atoms with E-state index in [4.69, 9.17) is 5.73 Å². The molecule has 1 aliphatic carbocycles. The van der Waals surface area contributed by atoms with Crippen molar-refractivity contribution in [2.45, 2.75) is 6.04 Å². The maximum atomic E-state index is 11.6. The lowest BCUT2D eigenvalue weighted by Gasteiger charge is -2.15. The summed E-state index contributed by atoms with van der Waals surface area (Å²) >= 11 is 0. The van der Waals surface area contributed by atoms with Crippen LogP contribution in [0.2, 0.25) is 0 Å². The quantitative estimate of drug-likeness (QED) is 0.394. The predicted octanol–water partition coefficient (Wildman–Crippen LogP) is 3.35. The van der Waals surface area contributed by atoms with Crippen molar-refractivity contribution in [1.82, 2.24) is 0 Å². The first-order valence-corrected chi connectivity index (χ1v) is 7.72. The highest BCUT2D eigenvalue weighted by Crippen LogP contribution is 2.30. The second-order valence-corrected chi connectivity index (χ2v) is 5.45. The Hall–Kier alpha value is -3.74. The normalized spacial score (nSPS) is 17.2. The van der Waals surface area contributed by atoms with E-state index in [2.05, 4.69) is 15.0 Å². The molecule has 0 heterocycles. The highest BCUT2D eigenvalue weighted by atomic mass is 16.6. The first-order valence-electron chi connectivity index (χ1n) is 7.72. The second kappa shape index (κ2) is 7.43. The number of nitrogens with zero attached hydrogens (tertiary/aromatic N) is 5. The molecule has 0 radical (unpaired) electrons. The van der Waals surface area contributed by atoms with E-state index < -0.39 is 11.0 Å². The van der Waals surface area contributed by atoms with Gasteiger partial charge in [-0.3, -0.25) is 10.1 Å². The van der Waals surface area contributed by atoms with Gasteiger partial charge in [-0.15, -0.1) is 0 Å². The summed E-state index contributed by atoms with van der Waals surface area (Å²) in [7, 11) is 0.